The van der Waals surface area contributed by atoms with E-state index in [-0.39, 0.29) is 5.56 Å². The normalized spacial score (nSPS) is 13.8. The highest BCUT2D eigenvalue weighted by molar-refractivity contribution is 5.48. The largest absolute Gasteiger partial charge is 0.496 e. The van der Waals surface area contributed by atoms with Crippen molar-refractivity contribution < 1.29 is 9.47 Å². The molecule has 1 N–H and O–H groups in total. The topological polar surface area (TPSA) is 93.2 Å². The van der Waals surface area contributed by atoms with E-state index in [0.29, 0.717) is 36.6 Å². The van der Waals surface area contributed by atoms with Crippen LogP contribution < -0.4 is 15.0 Å². The average Bonchev–Trinajstić information content (AvgIpc) is 2.74. The fourth-order valence-electron chi connectivity index (χ4n) is 3.47. The van der Waals surface area contributed by atoms with Crippen molar-refractivity contribution in [2.24, 2.45) is 0 Å². The lowest BCUT2D eigenvalue weighted by molar-refractivity contribution is 0.234. The minimum absolute atomic E-state index is 0.137. The summed E-state index contributed by atoms with van der Waals surface area (Å²) in [4.78, 5) is 30.6. The van der Waals surface area contributed by atoms with Gasteiger partial charge < -0.3 is 14.5 Å². The Hall–Kier alpha value is -3.26. The van der Waals surface area contributed by atoms with E-state index >= 15 is 0 Å². The smallest absolute Gasteiger partial charge is 0.255 e. The molecule has 0 saturated heterocycles. The Morgan fingerprint density at radius 3 is 2.64 bits per heavy atom. The first-order valence-corrected chi connectivity index (χ1v) is 9.00. The van der Waals surface area contributed by atoms with E-state index < -0.39 is 0 Å². The van der Waals surface area contributed by atoms with Crippen molar-refractivity contribution in [2.75, 3.05) is 20.8 Å². The summed E-state index contributed by atoms with van der Waals surface area (Å²) in [5.41, 5.74) is 2.89. The number of ether oxygens (including phenoxy) is 2. The third-order valence-corrected chi connectivity index (χ3v) is 4.87. The summed E-state index contributed by atoms with van der Waals surface area (Å²) >= 11 is 0. The van der Waals surface area contributed by atoms with Crippen molar-refractivity contribution >= 4 is 0 Å². The van der Waals surface area contributed by atoms with Gasteiger partial charge in [0.05, 0.1) is 37.2 Å². The molecule has 0 fully saturated rings. The number of fused-ring (bicyclic) bond motifs is 1. The Kier molecular flexibility index (Phi) is 5.03. The summed E-state index contributed by atoms with van der Waals surface area (Å²) in [6.45, 7) is 1.92. The summed E-state index contributed by atoms with van der Waals surface area (Å²) in [5.74, 6) is 2.00. The number of aromatic nitrogens is 4. The van der Waals surface area contributed by atoms with E-state index in [1.54, 1.807) is 32.8 Å². The van der Waals surface area contributed by atoms with Gasteiger partial charge in [0.15, 0.2) is 5.82 Å². The summed E-state index contributed by atoms with van der Waals surface area (Å²) in [6.07, 6.45) is 5.44. The summed E-state index contributed by atoms with van der Waals surface area (Å²) in [6, 6.07) is 5.73. The second kappa shape index (κ2) is 7.77. The number of rotatable bonds is 5. The van der Waals surface area contributed by atoms with Gasteiger partial charge >= 0.3 is 0 Å². The van der Waals surface area contributed by atoms with Crippen molar-refractivity contribution in [3.8, 4) is 23.0 Å². The lowest BCUT2D eigenvalue weighted by Gasteiger charge is -2.28. The molecule has 0 bridgehead atoms. The number of hydrogen-bond acceptors (Lipinski definition) is 7. The highest BCUT2D eigenvalue weighted by atomic mass is 16.5. The van der Waals surface area contributed by atoms with E-state index in [2.05, 4.69) is 24.8 Å². The molecule has 0 amide bonds. The number of benzene rings is 1. The predicted molar refractivity (Wildman–Crippen MR) is 103 cm³/mol. The van der Waals surface area contributed by atoms with Crippen LogP contribution in [0.4, 0.5) is 0 Å². The Morgan fingerprint density at radius 1 is 1.18 bits per heavy atom. The number of nitrogens with one attached hydrogen (secondary N) is 1. The van der Waals surface area contributed by atoms with Crippen LogP contribution in [0, 0.1) is 0 Å². The zero-order valence-electron chi connectivity index (χ0n) is 15.8. The minimum Gasteiger partial charge on any atom is -0.496 e. The minimum atomic E-state index is -0.137. The molecule has 0 unspecified atom stereocenters. The number of aromatic amines is 1. The lowest BCUT2D eigenvalue weighted by Crippen LogP contribution is -2.35. The molecule has 1 aliphatic heterocycles. The molecule has 0 saturated carbocycles. The number of nitrogens with zero attached hydrogens (tertiary/aromatic N) is 4. The molecule has 8 nitrogen and oxygen atoms in total. The summed E-state index contributed by atoms with van der Waals surface area (Å²) in [5, 5.41) is 0. The van der Waals surface area contributed by atoms with Crippen LogP contribution in [0.5, 0.6) is 11.5 Å². The van der Waals surface area contributed by atoms with Crippen molar-refractivity contribution in [3.63, 3.8) is 0 Å². The van der Waals surface area contributed by atoms with Gasteiger partial charge in [-0.05, 0) is 12.1 Å². The van der Waals surface area contributed by atoms with Crippen molar-refractivity contribution in [1.29, 1.82) is 0 Å². The van der Waals surface area contributed by atoms with Gasteiger partial charge in [-0.1, -0.05) is 6.07 Å². The van der Waals surface area contributed by atoms with E-state index in [0.717, 1.165) is 29.3 Å². The number of methoxy groups -OCH3 is 2. The first-order chi connectivity index (χ1) is 13.7. The molecule has 0 aliphatic carbocycles. The van der Waals surface area contributed by atoms with Crippen LogP contribution in [-0.2, 0) is 19.5 Å². The fraction of sp³-hybridized carbons (Fsp3) is 0.300. The van der Waals surface area contributed by atoms with Crippen LogP contribution in [0.3, 0.4) is 0 Å². The van der Waals surface area contributed by atoms with Crippen molar-refractivity contribution in [1.82, 2.24) is 24.8 Å². The maximum absolute atomic E-state index is 12.7. The number of hydrogen-bond donors (Lipinski definition) is 1. The van der Waals surface area contributed by atoms with Gasteiger partial charge in [0.1, 0.15) is 17.2 Å². The van der Waals surface area contributed by atoms with Gasteiger partial charge in [-0.15, -0.1) is 0 Å². The van der Waals surface area contributed by atoms with Gasteiger partial charge in [-0.25, -0.2) is 9.97 Å². The molecular weight excluding hydrogens is 358 g/mol. The number of H-pyrrole nitrogens is 1. The first kappa shape index (κ1) is 18.1. The molecule has 144 valence electrons. The third-order valence-electron chi connectivity index (χ3n) is 4.87. The molecule has 3 heterocycles. The molecule has 1 aromatic carbocycles. The fourth-order valence-corrected chi connectivity index (χ4v) is 3.47. The zero-order valence-corrected chi connectivity index (χ0v) is 15.8. The van der Waals surface area contributed by atoms with Crippen molar-refractivity contribution in [2.45, 2.75) is 19.5 Å². The van der Waals surface area contributed by atoms with Crippen LogP contribution in [0.25, 0.3) is 11.5 Å². The second-order valence-electron chi connectivity index (χ2n) is 6.53. The zero-order chi connectivity index (χ0) is 19.5. The van der Waals surface area contributed by atoms with Crippen LogP contribution >= 0.6 is 0 Å². The van der Waals surface area contributed by atoms with Crippen LogP contribution in [0.1, 0.15) is 16.8 Å². The average molecular weight is 379 g/mol. The molecular formula is C20H21N5O3. The molecule has 1 aliphatic rings. The van der Waals surface area contributed by atoms with E-state index in [1.165, 1.54) is 0 Å². The van der Waals surface area contributed by atoms with E-state index in [4.69, 9.17) is 9.47 Å². The molecule has 8 heteroatoms. The van der Waals surface area contributed by atoms with Gasteiger partial charge in [-0.2, -0.15) is 0 Å². The monoisotopic (exact) mass is 379 g/mol. The predicted octanol–water partition coefficient (Wildman–Crippen LogP) is 1.80. The second-order valence-corrected chi connectivity index (χ2v) is 6.53. The third kappa shape index (κ3) is 3.46. The van der Waals surface area contributed by atoms with Gasteiger partial charge in [0, 0.05) is 38.4 Å². The molecule has 0 radical (unpaired) electrons. The molecule has 2 aromatic heterocycles. The molecule has 3 aromatic rings. The van der Waals surface area contributed by atoms with E-state index in [1.807, 2.05) is 18.2 Å². The summed E-state index contributed by atoms with van der Waals surface area (Å²) < 4.78 is 11.0. The lowest BCUT2D eigenvalue weighted by atomic mass is 10.0. The quantitative estimate of drug-likeness (QED) is 0.722. The molecule has 28 heavy (non-hydrogen) atoms. The Labute approximate surface area is 162 Å². The SMILES string of the molecule is COc1cccc(OC)c1CN1CCc2nc(-c3cnccn3)[nH]c(=O)c2C1. The van der Waals surface area contributed by atoms with Gasteiger partial charge in [0.2, 0.25) is 0 Å². The van der Waals surface area contributed by atoms with Crippen molar-refractivity contribution in [3.05, 3.63) is 64.0 Å². The van der Waals surface area contributed by atoms with Gasteiger partial charge in [-0.3, -0.25) is 14.7 Å². The molecule has 0 atom stereocenters. The van der Waals surface area contributed by atoms with Crippen LogP contribution in [0.15, 0.2) is 41.6 Å². The molecule has 0 spiro atoms. The Balaban J connectivity index is 1.61. The van der Waals surface area contributed by atoms with Gasteiger partial charge in [0.25, 0.3) is 5.56 Å². The first-order valence-electron chi connectivity index (χ1n) is 9.00. The Morgan fingerprint density at radius 2 is 1.96 bits per heavy atom. The van der Waals surface area contributed by atoms with Crippen LogP contribution in [0.2, 0.25) is 0 Å². The van der Waals surface area contributed by atoms with Crippen LogP contribution in [-0.4, -0.2) is 45.6 Å². The van der Waals surface area contributed by atoms with E-state index in [9.17, 15) is 4.79 Å². The Bertz CT molecular complexity index is 1010. The maximum Gasteiger partial charge on any atom is 0.255 e. The standard InChI is InChI=1S/C20H21N5O3/c1-27-17-4-3-5-18(28-2)14(17)12-25-9-6-15-13(11-25)20(26)24-19(23-15)16-10-21-7-8-22-16/h3-5,7-8,10H,6,9,11-12H2,1-2H3,(H,23,24,26). The maximum atomic E-state index is 12.7. The highest BCUT2D eigenvalue weighted by Gasteiger charge is 2.23. The summed E-state index contributed by atoms with van der Waals surface area (Å²) in [7, 11) is 3.29. The molecule has 4 rings (SSSR count). The highest BCUT2D eigenvalue weighted by Crippen LogP contribution is 2.30.